The van der Waals surface area contributed by atoms with Crippen molar-refractivity contribution in [2.24, 2.45) is 0 Å². The molecule has 1 N–H and O–H groups in total. The molecule has 3 aromatic rings. The van der Waals surface area contributed by atoms with Crippen LogP contribution in [-0.4, -0.2) is 32.3 Å². The van der Waals surface area contributed by atoms with Gasteiger partial charge in [0.05, 0.1) is 0 Å². The van der Waals surface area contributed by atoms with Crippen molar-refractivity contribution in [2.75, 3.05) is 13.1 Å². The molecule has 0 aliphatic rings. The standard InChI is InChI=1S/C20H22N2O3S2/c1-3-22(4-2)20(23)17-10-7-8-15(12-17)14-21-27(24,25)19-13-16-9-5-6-11-18(16)26-19/h5-13,21H,3-4,14H2,1-2H3. The predicted octanol–water partition coefficient (Wildman–Crippen LogP) is 3.86. The van der Waals surface area contributed by atoms with Crippen molar-refractivity contribution in [1.29, 1.82) is 0 Å². The summed E-state index contributed by atoms with van der Waals surface area (Å²) in [4.78, 5) is 14.2. The van der Waals surface area contributed by atoms with E-state index in [1.165, 1.54) is 11.3 Å². The Labute approximate surface area is 163 Å². The van der Waals surface area contributed by atoms with Crippen molar-refractivity contribution in [3.63, 3.8) is 0 Å². The molecule has 0 atom stereocenters. The number of amides is 1. The molecule has 0 aliphatic carbocycles. The molecule has 0 spiro atoms. The Hall–Kier alpha value is -2.22. The molecule has 0 unspecified atom stereocenters. The number of benzene rings is 2. The fourth-order valence-corrected chi connectivity index (χ4v) is 5.31. The van der Waals surface area contributed by atoms with Gasteiger partial charge in [-0.1, -0.05) is 30.3 Å². The van der Waals surface area contributed by atoms with E-state index in [1.807, 2.05) is 44.2 Å². The Kier molecular flexibility index (Phi) is 5.94. The first kappa shape index (κ1) is 19.5. The highest BCUT2D eigenvalue weighted by molar-refractivity contribution is 7.91. The van der Waals surface area contributed by atoms with Crippen LogP contribution in [0.4, 0.5) is 0 Å². The summed E-state index contributed by atoms with van der Waals surface area (Å²) in [7, 11) is -3.61. The number of carbonyl (C=O) groups is 1. The van der Waals surface area contributed by atoms with E-state index in [9.17, 15) is 13.2 Å². The van der Waals surface area contributed by atoms with E-state index in [4.69, 9.17) is 0 Å². The van der Waals surface area contributed by atoms with Crippen LogP contribution >= 0.6 is 11.3 Å². The summed E-state index contributed by atoms with van der Waals surface area (Å²) in [5, 5.41) is 0.912. The number of hydrogen-bond donors (Lipinski definition) is 1. The van der Waals surface area contributed by atoms with E-state index >= 15 is 0 Å². The summed E-state index contributed by atoms with van der Waals surface area (Å²) in [6.07, 6.45) is 0. The van der Waals surface area contributed by atoms with E-state index in [1.54, 1.807) is 29.2 Å². The molecule has 0 bridgehead atoms. The van der Waals surface area contributed by atoms with Gasteiger partial charge in [0.1, 0.15) is 4.21 Å². The first-order chi connectivity index (χ1) is 12.9. The van der Waals surface area contributed by atoms with E-state index in [0.29, 0.717) is 22.9 Å². The number of thiophene rings is 1. The molecule has 0 fully saturated rings. The van der Waals surface area contributed by atoms with Gasteiger partial charge in [-0.25, -0.2) is 13.1 Å². The summed E-state index contributed by atoms with van der Waals surface area (Å²) in [6, 6.07) is 16.3. The highest BCUT2D eigenvalue weighted by Gasteiger charge is 2.18. The number of nitrogens with zero attached hydrogens (tertiary/aromatic N) is 1. The second-order valence-corrected chi connectivity index (χ2v) is 9.18. The zero-order chi connectivity index (χ0) is 19.4. The van der Waals surface area contributed by atoms with Crippen molar-refractivity contribution >= 4 is 37.4 Å². The highest BCUT2D eigenvalue weighted by Crippen LogP contribution is 2.28. The zero-order valence-corrected chi connectivity index (χ0v) is 16.9. The molecule has 27 heavy (non-hydrogen) atoms. The molecule has 3 rings (SSSR count). The molecule has 1 aromatic heterocycles. The second-order valence-electron chi connectivity index (χ2n) is 6.11. The number of sulfonamides is 1. The molecule has 0 saturated carbocycles. The van der Waals surface area contributed by atoms with E-state index in [2.05, 4.69) is 4.72 Å². The topological polar surface area (TPSA) is 66.5 Å². The fourth-order valence-electron chi connectivity index (χ4n) is 2.85. The third-order valence-electron chi connectivity index (χ3n) is 4.36. The van der Waals surface area contributed by atoms with E-state index in [-0.39, 0.29) is 12.5 Å². The number of nitrogens with one attached hydrogen (secondary N) is 1. The number of fused-ring (bicyclic) bond motifs is 1. The van der Waals surface area contributed by atoms with Crippen LogP contribution in [0.1, 0.15) is 29.8 Å². The molecule has 2 aromatic carbocycles. The smallest absolute Gasteiger partial charge is 0.253 e. The van der Waals surface area contributed by atoms with Crippen LogP contribution in [0.3, 0.4) is 0 Å². The molecule has 5 nitrogen and oxygen atoms in total. The summed E-state index contributed by atoms with van der Waals surface area (Å²) in [5.41, 5.74) is 1.31. The lowest BCUT2D eigenvalue weighted by Gasteiger charge is -2.19. The van der Waals surface area contributed by atoms with Crippen molar-refractivity contribution in [1.82, 2.24) is 9.62 Å². The van der Waals surface area contributed by atoms with Crippen molar-refractivity contribution < 1.29 is 13.2 Å². The average Bonchev–Trinajstić information content (AvgIpc) is 3.13. The molecule has 0 saturated heterocycles. The van der Waals surface area contributed by atoms with Crippen LogP contribution in [0, 0.1) is 0 Å². The van der Waals surface area contributed by atoms with Gasteiger partial charge in [0.25, 0.3) is 5.91 Å². The lowest BCUT2D eigenvalue weighted by Crippen LogP contribution is -2.30. The first-order valence-corrected chi connectivity index (χ1v) is 11.1. The quantitative estimate of drug-likeness (QED) is 0.652. The van der Waals surface area contributed by atoms with Crippen molar-refractivity contribution in [2.45, 2.75) is 24.6 Å². The predicted molar refractivity (Wildman–Crippen MR) is 110 cm³/mol. The molecule has 1 amide bonds. The van der Waals surface area contributed by atoms with Crippen LogP contribution in [0.2, 0.25) is 0 Å². The lowest BCUT2D eigenvalue weighted by atomic mass is 10.1. The number of hydrogen-bond acceptors (Lipinski definition) is 4. The molecule has 7 heteroatoms. The fraction of sp³-hybridized carbons (Fsp3) is 0.250. The van der Waals surface area contributed by atoms with Gasteiger partial charge in [-0.3, -0.25) is 4.79 Å². The first-order valence-electron chi connectivity index (χ1n) is 8.81. The monoisotopic (exact) mass is 402 g/mol. The minimum Gasteiger partial charge on any atom is -0.339 e. The SMILES string of the molecule is CCN(CC)C(=O)c1cccc(CNS(=O)(=O)c2cc3ccccc3s2)c1. The van der Waals surface area contributed by atoms with Crippen LogP contribution in [-0.2, 0) is 16.6 Å². The largest absolute Gasteiger partial charge is 0.339 e. The molecule has 0 radical (unpaired) electrons. The third kappa shape index (κ3) is 4.37. The normalized spacial score (nSPS) is 11.6. The van der Waals surface area contributed by atoms with Gasteiger partial charge in [-0.15, -0.1) is 11.3 Å². The second kappa shape index (κ2) is 8.21. The van der Waals surface area contributed by atoms with Gasteiger partial charge in [0, 0.05) is 29.9 Å². The Bertz CT molecular complexity index is 1020. The van der Waals surface area contributed by atoms with Crippen LogP contribution in [0.15, 0.2) is 58.8 Å². The maximum Gasteiger partial charge on any atom is 0.253 e. The Morgan fingerprint density at radius 1 is 1.04 bits per heavy atom. The number of carbonyl (C=O) groups excluding carboxylic acids is 1. The Balaban J connectivity index is 1.76. The molecular weight excluding hydrogens is 380 g/mol. The van der Waals surface area contributed by atoms with Gasteiger partial charge < -0.3 is 4.90 Å². The molecular formula is C20H22N2O3S2. The van der Waals surface area contributed by atoms with Gasteiger partial charge in [0.15, 0.2) is 0 Å². The van der Waals surface area contributed by atoms with Gasteiger partial charge >= 0.3 is 0 Å². The van der Waals surface area contributed by atoms with Crippen molar-refractivity contribution in [3.8, 4) is 0 Å². The summed E-state index contributed by atoms with van der Waals surface area (Å²) in [5.74, 6) is -0.0470. The Morgan fingerprint density at radius 2 is 1.78 bits per heavy atom. The zero-order valence-electron chi connectivity index (χ0n) is 15.3. The van der Waals surface area contributed by atoms with Gasteiger partial charge in [0.2, 0.25) is 10.0 Å². The maximum absolute atomic E-state index is 12.6. The number of rotatable bonds is 7. The molecule has 0 aliphatic heterocycles. The third-order valence-corrected chi connectivity index (χ3v) is 7.35. The lowest BCUT2D eigenvalue weighted by molar-refractivity contribution is 0.0773. The molecule has 1 heterocycles. The minimum absolute atomic E-state index is 0.0470. The van der Waals surface area contributed by atoms with E-state index in [0.717, 1.165) is 15.6 Å². The summed E-state index contributed by atoms with van der Waals surface area (Å²) >= 11 is 1.25. The summed E-state index contributed by atoms with van der Waals surface area (Å²) in [6.45, 7) is 5.28. The molecule has 142 valence electrons. The van der Waals surface area contributed by atoms with E-state index < -0.39 is 10.0 Å². The van der Waals surface area contributed by atoms with Crippen LogP contribution in [0.25, 0.3) is 10.1 Å². The van der Waals surface area contributed by atoms with Gasteiger partial charge in [-0.05, 0) is 49.1 Å². The average molecular weight is 403 g/mol. The van der Waals surface area contributed by atoms with Crippen molar-refractivity contribution in [3.05, 3.63) is 65.7 Å². The maximum atomic E-state index is 12.6. The minimum atomic E-state index is -3.61. The van der Waals surface area contributed by atoms with Crippen LogP contribution in [0.5, 0.6) is 0 Å². The van der Waals surface area contributed by atoms with Crippen LogP contribution < -0.4 is 4.72 Å². The Morgan fingerprint density at radius 3 is 2.48 bits per heavy atom. The highest BCUT2D eigenvalue weighted by atomic mass is 32.2. The van der Waals surface area contributed by atoms with Gasteiger partial charge in [-0.2, -0.15) is 0 Å². The summed E-state index contributed by atoms with van der Waals surface area (Å²) < 4.78 is 29.1.